The van der Waals surface area contributed by atoms with Crippen molar-refractivity contribution in [2.75, 3.05) is 18.8 Å². The number of amides is 1. The van der Waals surface area contributed by atoms with Crippen LogP contribution in [0.4, 0.5) is 0 Å². The normalized spacial score (nSPS) is 18.0. The zero-order valence-corrected chi connectivity index (χ0v) is 10.4. The third kappa shape index (κ3) is 2.93. The molecule has 0 aliphatic carbocycles. The van der Waals surface area contributed by atoms with Gasteiger partial charge in [0.1, 0.15) is 0 Å². The highest BCUT2D eigenvalue weighted by molar-refractivity contribution is 7.92. The molecule has 1 fully saturated rings. The summed E-state index contributed by atoms with van der Waals surface area (Å²) < 4.78 is 22.9. The Morgan fingerprint density at radius 3 is 2.33 bits per heavy atom. The molecule has 0 unspecified atom stereocenters. The second-order valence-corrected chi connectivity index (χ2v) is 7.04. The summed E-state index contributed by atoms with van der Waals surface area (Å²) in [5.41, 5.74) is 0. The monoisotopic (exact) mass is 233 g/mol. The van der Waals surface area contributed by atoms with E-state index in [2.05, 4.69) is 0 Å². The molecule has 1 amide bonds. The number of rotatable bonds is 4. The number of sulfone groups is 1. The van der Waals surface area contributed by atoms with Gasteiger partial charge in [-0.3, -0.25) is 4.79 Å². The second kappa shape index (κ2) is 4.51. The third-order valence-electron chi connectivity index (χ3n) is 2.69. The van der Waals surface area contributed by atoms with Crippen molar-refractivity contribution in [2.24, 2.45) is 5.92 Å². The molecule has 0 aromatic heterocycles. The molecule has 0 spiro atoms. The fraction of sp³-hybridized carbons (Fsp3) is 0.900. The van der Waals surface area contributed by atoms with Gasteiger partial charge < -0.3 is 4.90 Å². The molecular formula is C10H19NO3S. The van der Waals surface area contributed by atoms with Gasteiger partial charge in [-0.1, -0.05) is 20.8 Å². The lowest BCUT2D eigenvalue weighted by molar-refractivity contribution is -0.135. The van der Waals surface area contributed by atoms with E-state index in [0.717, 1.165) is 0 Å². The molecule has 0 N–H and O–H groups in total. The van der Waals surface area contributed by atoms with Gasteiger partial charge in [0, 0.05) is 25.3 Å². The molecule has 0 bridgehead atoms. The Balaban J connectivity index is 2.41. The Hall–Kier alpha value is -0.580. The van der Waals surface area contributed by atoms with Crippen LogP contribution in [-0.4, -0.2) is 43.3 Å². The van der Waals surface area contributed by atoms with Crippen molar-refractivity contribution in [3.63, 3.8) is 0 Å². The maximum absolute atomic E-state index is 11.5. The summed E-state index contributed by atoms with van der Waals surface area (Å²) in [6.07, 6.45) is 0.513. The van der Waals surface area contributed by atoms with Gasteiger partial charge in [0.15, 0.2) is 9.84 Å². The van der Waals surface area contributed by atoms with E-state index in [1.54, 1.807) is 11.8 Å². The topological polar surface area (TPSA) is 54.5 Å². The summed E-state index contributed by atoms with van der Waals surface area (Å²) in [4.78, 5) is 13.2. The van der Waals surface area contributed by atoms with Crippen molar-refractivity contribution in [3.05, 3.63) is 0 Å². The van der Waals surface area contributed by atoms with Crippen LogP contribution < -0.4 is 0 Å². The van der Waals surface area contributed by atoms with Gasteiger partial charge in [-0.15, -0.1) is 0 Å². The van der Waals surface area contributed by atoms with Crippen LogP contribution in [0.3, 0.4) is 0 Å². The minimum atomic E-state index is -2.95. The molecule has 4 nitrogen and oxygen atoms in total. The largest absolute Gasteiger partial charge is 0.340 e. The van der Waals surface area contributed by atoms with Gasteiger partial charge in [-0.2, -0.15) is 0 Å². The molecular weight excluding hydrogens is 214 g/mol. The van der Waals surface area contributed by atoms with Gasteiger partial charge in [0.25, 0.3) is 0 Å². The van der Waals surface area contributed by atoms with Gasteiger partial charge in [-0.25, -0.2) is 8.42 Å². The first-order chi connectivity index (χ1) is 6.86. The number of hydrogen-bond donors (Lipinski definition) is 0. The van der Waals surface area contributed by atoms with Crippen molar-refractivity contribution in [3.8, 4) is 0 Å². The van der Waals surface area contributed by atoms with Gasteiger partial charge in [0.2, 0.25) is 5.91 Å². The van der Waals surface area contributed by atoms with Crippen LogP contribution in [0.15, 0.2) is 0 Å². The smallest absolute Gasteiger partial charge is 0.222 e. The van der Waals surface area contributed by atoms with E-state index in [1.165, 1.54) is 0 Å². The van der Waals surface area contributed by atoms with E-state index < -0.39 is 9.84 Å². The average Bonchev–Trinajstić information content (AvgIpc) is 1.99. The van der Waals surface area contributed by atoms with Crippen LogP contribution in [0.5, 0.6) is 0 Å². The Bertz CT molecular complexity index is 329. The number of nitrogens with zero attached hydrogens (tertiary/aromatic N) is 1. The van der Waals surface area contributed by atoms with Gasteiger partial charge in [-0.05, 0) is 5.92 Å². The van der Waals surface area contributed by atoms with Crippen LogP contribution in [0.2, 0.25) is 0 Å². The number of carbonyl (C=O) groups is 1. The summed E-state index contributed by atoms with van der Waals surface area (Å²) in [5, 5.41) is -0.321. The third-order valence-corrected chi connectivity index (χ3v) is 4.81. The van der Waals surface area contributed by atoms with Crippen molar-refractivity contribution in [1.82, 2.24) is 4.90 Å². The van der Waals surface area contributed by atoms with Gasteiger partial charge >= 0.3 is 0 Å². The molecule has 1 saturated heterocycles. The van der Waals surface area contributed by atoms with Crippen LogP contribution >= 0.6 is 0 Å². The molecule has 88 valence electrons. The molecule has 0 atom stereocenters. The van der Waals surface area contributed by atoms with Crippen LogP contribution in [0.25, 0.3) is 0 Å². The molecule has 1 heterocycles. The lowest BCUT2D eigenvalue weighted by atomic mass is 10.1. The molecule has 1 aliphatic heterocycles. The molecule has 0 aromatic carbocycles. The highest BCUT2D eigenvalue weighted by Gasteiger charge is 2.38. The van der Waals surface area contributed by atoms with E-state index in [-0.39, 0.29) is 16.9 Å². The van der Waals surface area contributed by atoms with E-state index in [0.29, 0.717) is 25.4 Å². The van der Waals surface area contributed by atoms with E-state index >= 15 is 0 Å². The number of hydrogen-bond acceptors (Lipinski definition) is 3. The Morgan fingerprint density at radius 1 is 1.40 bits per heavy atom. The molecule has 1 rings (SSSR count). The van der Waals surface area contributed by atoms with Crippen molar-refractivity contribution in [1.29, 1.82) is 0 Å². The minimum Gasteiger partial charge on any atom is -0.340 e. The second-order valence-electron chi connectivity index (χ2n) is 4.47. The average molecular weight is 233 g/mol. The van der Waals surface area contributed by atoms with E-state index in [4.69, 9.17) is 0 Å². The fourth-order valence-corrected chi connectivity index (χ4v) is 2.87. The van der Waals surface area contributed by atoms with Crippen molar-refractivity contribution < 1.29 is 13.2 Å². The lowest BCUT2D eigenvalue weighted by Crippen LogP contribution is -2.57. The van der Waals surface area contributed by atoms with Crippen LogP contribution in [-0.2, 0) is 14.6 Å². The first-order valence-corrected chi connectivity index (χ1v) is 7.07. The fourth-order valence-electron chi connectivity index (χ4n) is 1.58. The first kappa shape index (κ1) is 12.5. The quantitative estimate of drug-likeness (QED) is 0.717. The molecule has 1 aliphatic rings. The summed E-state index contributed by atoms with van der Waals surface area (Å²) in [7, 11) is -2.95. The maximum Gasteiger partial charge on any atom is 0.222 e. The highest BCUT2D eigenvalue weighted by atomic mass is 32.2. The van der Waals surface area contributed by atoms with E-state index in [1.807, 2.05) is 13.8 Å². The Kier molecular flexibility index (Phi) is 3.76. The predicted molar refractivity (Wildman–Crippen MR) is 59.3 cm³/mol. The molecule has 15 heavy (non-hydrogen) atoms. The summed E-state index contributed by atoms with van der Waals surface area (Å²) >= 11 is 0. The highest BCUT2D eigenvalue weighted by Crippen LogP contribution is 2.19. The van der Waals surface area contributed by atoms with Crippen molar-refractivity contribution in [2.45, 2.75) is 32.4 Å². The number of likely N-dealkylation sites (tertiary alicyclic amines) is 1. The van der Waals surface area contributed by atoms with Crippen molar-refractivity contribution >= 4 is 15.7 Å². The Labute approximate surface area is 91.6 Å². The van der Waals surface area contributed by atoms with Gasteiger partial charge in [0.05, 0.1) is 5.25 Å². The zero-order valence-electron chi connectivity index (χ0n) is 9.56. The van der Waals surface area contributed by atoms with E-state index in [9.17, 15) is 13.2 Å². The standard InChI is InChI=1S/C10H19NO3S/c1-4-15(13,14)9-6-11(7-9)10(12)5-8(2)3/h8-9H,4-7H2,1-3H3. The van der Waals surface area contributed by atoms with Crippen LogP contribution in [0, 0.1) is 5.92 Å². The minimum absolute atomic E-state index is 0.0764. The molecule has 5 heteroatoms. The molecule has 0 saturated carbocycles. The first-order valence-electron chi connectivity index (χ1n) is 5.36. The van der Waals surface area contributed by atoms with Crippen LogP contribution in [0.1, 0.15) is 27.2 Å². The lowest BCUT2D eigenvalue weighted by Gasteiger charge is -2.38. The number of carbonyl (C=O) groups excluding carboxylic acids is 1. The summed E-state index contributed by atoms with van der Waals surface area (Å²) in [5.74, 6) is 0.580. The Morgan fingerprint density at radius 2 is 1.93 bits per heavy atom. The summed E-state index contributed by atoms with van der Waals surface area (Å²) in [6.45, 7) is 6.40. The SMILES string of the molecule is CCS(=O)(=O)C1CN(C(=O)CC(C)C)C1. The predicted octanol–water partition coefficient (Wildman–Crippen LogP) is 0.678. The maximum atomic E-state index is 11.5. The molecule has 0 aromatic rings. The molecule has 0 radical (unpaired) electrons. The summed E-state index contributed by atoms with van der Waals surface area (Å²) in [6, 6.07) is 0. The zero-order chi connectivity index (χ0) is 11.6.